The highest BCUT2D eigenvalue weighted by Gasteiger charge is 2.26. The average molecular weight is 405 g/mol. The van der Waals surface area contributed by atoms with E-state index in [2.05, 4.69) is 41.8 Å². The summed E-state index contributed by atoms with van der Waals surface area (Å²) < 4.78 is 2.40. The number of fused-ring (bicyclic) bond motifs is 2. The van der Waals surface area contributed by atoms with E-state index in [9.17, 15) is 4.79 Å². The van der Waals surface area contributed by atoms with Crippen LogP contribution in [0.15, 0.2) is 48.5 Å². The maximum Gasteiger partial charge on any atom is 0.254 e. The largest absolute Gasteiger partial charge is 0.344 e. The van der Waals surface area contributed by atoms with Gasteiger partial charge in [0.15, 0.2) is 0 Å². The van der Waals surface area contributed by atoms with Gasteiger partial charge in [0.2, 0.25) is 0 Å². The number of hydrogen-bond acceptors (Lipinski definition) is 1. The number of halogens is 1. The second-order valence-corrected chi connectivity index (χ2v) is 8.64. The standard InChI is InChI=1S/C25H25ClN2O/c1-17-14-24(28-12-5-4-8-23(17)28)22-15-20(26)9-10-21(22)25(29)27-13-11-18-6-2-3-7-19(18)16-27/h2-3,6-7,9-10,14-15H,4-5,8,11-13,16H2,1H3. The van der Waals surface area contributed by atoms with Crippen molar-refractivity contribution < 1.29 is 4.79 Å². The van der Waals surface area contributed by atoms with Gasteiger partial charge in [0.05, 0.1) is 0 Å². The summed E-state index contributed by atoms with van der Waals surface area (Å²) in [6.45, 7) is 4.61. The fourth-order valence-electron chi connectivity index (χ4n) is 4.85. The Hall–Kier alpha value is -2.52. The second kappa shape index (κ2) is 7.38. The van der Waals surface area contributed by atoms with Gasteiger partial charge >= 0.3 is 0 Å². The van der Waals surface area contributed by atoms with E-state index in [1.165, 1.54) is 35.2 Å². The molecule has 3 nitrogen and oxygen atoms in total. The first kappa shape index (κ1) is 18.5. The van der Waals surface area contributed by atoms with Gasteiger partial charge in [0.1, 0.15) is 0 Å². The Morgan fingerprint density at radius 2 is 1.79 bits per heavy atom. The molecule has 3 aromatic rings. The molecule has 148 valence electrons. The summed E-state index contributed by atoms with van der Waals surface area (Å²) in [4.78, 5) is 15.5. The molecule has 0 radical (unpaired) electrons. The molecule has 2 aromatic carbocycles. The molecule has 5 rings (SSSR count). The molecule has 0 spiro atoms. The Morgan fingerprint density at radius 3 is 2.66 bits per heavy atom. The van der Waals surface area contributed by atoms with Crippen molar-refractivity contribution in [2.45, 2.75) is 45.7 Å². The molecule has 0 atom stereocenters. The van der Waals surface area contributed by atoms with Crippen LogP contribution in [0.2, 0.25) is 5.02 Å². The van der Waals surface area contributed by atoms with Crippen LogP contribution in [-0.2, 0) is 25.9 Å². The summed E-state index contributed by atoms with van der Waals surface area (Å²) >= 11 is 6.38. The molecule has 2 aliphatic rings. The summed E-state index contributed by atoms with van der Waals surface area (Å²) in [5, 5.41) is 0.671. The molecule has 3 heterocycles. The highest BCUT2D eigenvalue weighted by atomic mass is 35.5. The van der Waals surface area contributed by atoms with Crippen LogP contribution < -0.4 is 0 Å². The summed E-state index contributed by atoms with van der Waals surface area (Å²) in [6, 6.07) is 16.4. The van der Waals surface area contributed by atoms with Crippen LogP contribution >= 0.6 is 11.6 Å². The summed E-state index contributed by atoms with van der Waals surface area (Å²) in [5.74, 6) is 0.0928. The molecular weight excluding hydrogens is 380 g/mol. The van der Waals surface area contributed by atoms with Crippen molar-refractivity contribution in [3.05, 3.63) is 81.5 Å². The number of benzene rings is 2. The Bertz CT molecular complexity index is 1100. The van der Waals surface area contributed by atoms with Crippen molar-refractivity contribution in [2.75, 3.05) is 6.54 Å². The first-order valence-electron chi connectivity index (χ1n) is 10.5. The molecule has 0 saturated heterocycles. The van der Waals surface area contributed by atoms with E-state index in [1.807, 2.05) is 23.1 Å². The normalized spacial score (nSPS) is 15.7. The topological polar surface area (TPSA) is 25.2 Å². The maximum atomic E-state index is 13.6. The minimum absolute atomic E-state index is 0.0928. The molecule has 0 saturated carbocycles. The number of aryl methyl sites for hydroxylation is 1. The molecule has 0 fully saturated rings. The van der Waals surface area contributed by atoms with Crippen LogP contribution in [0.1, 0.15) is 45.6 Å². The molecule has 2 aliphatic heterocycles. The molecule has 1 amide bonds. The van der Waals surface area contributed by atoms with Gasteiger partial charge in [0.25, 0.3) is 5.91 Å². The predicted molar refractivity (Wildman–Crippen MR) is 117 cm³/mol. The lowest BCUT2D eigenvalue weighted by molar-refractivity contribution is 0.0735. The quantitative estimate of drug-likeness (QED) is 0.541. The number of carbonyl (C=O) groups is 1. The van der Waals surface area contributed by atoms with E-state index in [4.69, 9.17) is 11.6 Å². The summed E-state index contributed by atoms with van der Waals surface area (Å²) in [6.07, 6.45) is 4.43. The smallest absolute Gasteiger partial charge is 0.254 e. The highest BCUT2D eigenvalue weighted by Crippen LogP contribution is 2.34. The number of amides is 1. The van der Waals surface area contributed by atoms with E-state index in [0.29, 0.717) is 11.6 Å². The minimum atomic E-state index is 0.0928. The lowest BCUT2D eigenvalue weighted by Gasteiger charge is -2.30. The molecule has 1 aromatic heterocycles. The first-order valence-corrected chi connectivity index (χ1v) is 10.8. The third kappa shape index (κ3) is 3.28. The van der Waals surface area contributed by atoms with Gasteiger partial charge in [-0.1, -0.05) is 35.9 Å². The Kier molecular flexibility index (Phi) is 4.71. The van der Waals surface area contributed by atoms with Gasteiger partial charge in [-0.2, -0.15) is 0 Å². The van der Waals surface area contributed by atoms with Gasteiger partial charge in [-0.3, -0.25) is 4.79 Å². The van der Waals surface area contributed by atoms with Crippen molar-refractivity contribution in [3.63, 3.8) is 0 Å². The van der Waals surface area contributed by atoms with Crippen LogP contribution in [0.4, 0.5) is 0 Å². The van der Waals surface area contributed by atoms with Gasteiger partial charge in [-0.05, 0) is 73.6 Å². The summed E-state index contributed by atoms with van der Waals surface area (Å²) in [7, 11) is 0. The van der Waals surface area contributed by atoms with Gasteiger partial charge in [-0.15, -0.1) is 0 Å². The highest BCUT2D eigenvalue weighted by molar-refractivity contribution is 6.31. The fourth-order valence-corrected chi connectivity index (χ4v) is 5.02. The Labute approximate surface area is 176 Å². The Morgan fingerprint density at radius 1 is 0.966 bits per heavy atom. The zero-order valence-electron chi connectivity index (χ0n) is 16.7. The van der Waals surface area contributed by atoms with Crippen molar-refractivity contribution in [1.29, 1.82) is 0 Å². The lowest BCUT2D eigenvalue weighted by atomic mass is 9.97. The first-order chi connectivity index (χ1) is 14.1. The summed E-state index contributed by atoms with van der Waals surface area (Å²) in [5.41, 5.74) is 8.14. The van der Waals surface area contributed by atoms with Crippen molar-refractivity contribution in [2.24, 2.45) is 0 Å². The fraction of sp³-hybridized carbons (Fsp3) is 0.320. The van der Waals surface area contributed by atoms with E-state index in [0.717, 1.165) is 42.8 Å². The molecule has 29 heavy (non-hydrogen) atoms. The van der Waals surface area contributed by atoms with Crippen molar-refractivity contribution in [3.8, 4) is 11.3 Å². The molecule has 0 unspecified atom stereocenters. The monoisotopic (exact) mass is 404 g/mol. The van der Waals surface area contributed by atoms with E-state index in [1.54, 1.807) is 0 Å². The van der Waals surface area contributed by atoms with Crippen molar-refractivity contribution in [1.82, 2.24) is 9.47 Å². The van der Waals surface area contributed by atoms with Crippen LogP contribution in [-0.4, -0.2) is 21.9 Å². The Balaban J connectivity index is 1.55. The second-order valence-electron chi connectivity index (χ2n) is 8.20. The minimum Gasteiger partial charge on any atom is -0.344 e. The number of rotatable bonds is 2. The van der Waals surface area contributed by atoms with Gasteiger partial charge in [0, 0.05) is 47.2 Å². The van der Waals surface area contributed by atoms with Crippen molar-refractivity contribution >= 4 is 17.5 Å². The van der Waals surface area contributed by atoms with E-state index >= 15 is 0 Å². The third-order valence-corrected chi connectivity index (χ3v) is 6.61. The number of nitrogens with zero attached hydrogens (tertiary/aromatic N) is 2. The van der Waals surface area contributed by atoms with E-state index in [-0.39, 0.29) is 5.91 Å². The number of hydrogen-bond donors (Lipinski definition) is 0. The molecule has 0 bridgehead atoms. The van der Waals surface area contributed by atoms with Crippen LogP contribution in [0, 0.1) is 6.92 Å². The molecule has 0 aliphatic carbocycles. The average Bonchev–Trinajstić information content (AvgIpc) is 3.09. The molecular formula is C25H25ClN2O. The zero-order chi connectivity index (χ0) is 20.0. The maximum absolute atomic E-state index is 13.6. The third-order valence-electron chi connectivity index (χ3n) is 6.38. The SMILES string of the molecule is Cc1cc(-c2cc(Cl)ccc2C(=O)N2CCc3ccccc3C2)n2c1CCCC2. The number of aromatic nitrogens is 1. The van der Waals surface area contributed by atoms with Crippen LogP contribution in [0.3, 0.4) is 0 Å². The van der Waals surface area contributed by atoms with Gasteiger partial charge in [-0.25, -0.2) is 0 Å². The van der Waals surface area contributed by atoms with Crippen LogP contribution in [0.5, 0.6) is 0 Å². The molecule has 4 heteroatoms. The predicted octanol–water partition coefficient (Wildman–Crippen LogP) is 5.65. The lowest BCUT2D eigenvalue weighted by Crippen LogP contribution is -2.36. The molecule has 0 N–H and O–H groups in total. The number of carbonyl (C=O) groups excluding carboxylic acids is 1. The zero-order valence-corrected chi connectivity index (χ0v) is 17.5. The van der Waals surface area contributed by atoms with E-state index < -0.39 is 0 Å². The van der Waals surface area contributed by atoms with Gasteiger partial charge < -0.3 is 9.47 Å². The van der Waals surface area contributed by atoms with Crippen LogP contribution in [0.25, 0.3) is 11.3 Å².